The second kappa shape index (κ2) is 6.39. The Morgan fingerprint density at radius 1 is 0.870 bits per heavy atom. The summed E-state index contributed by atoms with van der Waals surface area (Å²) in [7, 11) is 4.73. The van der Waals surface area contributed by atoms with Crippen molar-refractivity contribution in [2.45, 2.75) is 0 Å². The number of benzene rings is 2. The van der Waals surface area contributed by atoms with Crippen LogP contribution in [0.15, 0.2) is 48.7 Å². The number of hydrogen-bond donors (Lipinski definition) is 0. The van der Waals surface area contributed by atoms with Crippen LogP contribution in [0.4, 0.5) is 0 Å². The lowest BCUT2D eigenvalue weighted by Gasteiger charge is -2.13. The van der Waals surface area contributed by atoms with Gasteiger partial charge in [-0.25, -0.2) is 4.68 Å². The highest BCUT2D eigenvalue weighted by molar-refractivity contribution is 5.60. The maximum Gasteiger partial charge on any atom is 0.203 e. The molecule has 0 aliphatic heterocycles. The number of rotatable bonds is 5. The molecule has 1 heterocycles. The lowest BCUT2D eigenvalue weighted by atomic mass is 10.2. The second-order valence-corrected chi connectivity index (χ2v) is 4.80. The van der Waals surface area contributed by atoms with Crippen LogP contribution in [0.1, 0.15) is 0 Å². The molecule has 0 unspecified atom stereocenters. The molecule has 0 aliphatic rings. The van der Waals surface area contributed by atoms with Gasteiger partial charge in [-0.3, -0.25) is 0 Å². The van der Waals surface area contributed by atoms with Crippen LogP contribution in [0.25, 0.3) is 16.9 Å². The van der Waals surface area contributed by atoms with Gasteiger partial charge < -0.3 is 14.2 Å². The molecule has 0 saturated carbocycles. The third-order valence-electron chi connectivity index (χ3n) is 3.48. The molecule has 118 valence electrons. The highest BCUT2D eigenvalue weighted by Crippen LogP contribution is 2.39. The van der Waals surface area contributed by atoms with Crippen LogP contribution in [0, 0.1) is 0 Å². The van der Waals surface area contributed by atoms with E-state index < -0.39 is 0 Å². The minimum absolute atomic E-state index is 0.544. The zero-order chi connectivity index (χ0) is 16.2. The zero-order valence-corrected chi connectivity index (χ0v) is 13.2. The van der Waals surface area contributed by atoms with E-state index in [1.807, 2.05) is 48.7 Å². The molecule has 0 N–H and O–H groups in total. The molecule has 3 aromatic rings. The second-order valence-electron chi connectivity index (χ2n) is 4.80. The van der Waals surface area contributed by atoms with E-state index in [0.717, 1.165) is 16.9 Å². The number of methoxy groups -OCH3 is 3. The molecule has 0 spiro atoms. The minimum Gasteiger partial charge on any atom is -0.493 e. The predicted octanol–water partition coefficient (Wildman–Crippen LogP) is 2.96. The average molecular weight is 311 g/mol. The van der Waals surface area contributed by atoms with Crippen molar-refractivity contribution in [3.8, 4) is 34.2 Å². The summed E-state index contributed by atoms with van der Waals surface area (Å²) in [6.07, 6.45) is 1.86. The van der Waals surface area contributed by atoms with Crippen LogP contribution in [-0.2, 0) is 0 Å². The Hall–Kier alpha value is -3.02. The fourth-order valence-corrected chi connectivity index (χ4v) is 2.33. The molecular formula is C17H17N3O3. The molecule has 0 atom stereocenters. The SMILES string of the molecule is COc1cc(-n2cc(-c3ccccc3)nn2)cc(OC)c1OC. The molecule has 0 bridgehead atoms. The third kappa shape index (κ3) is 2.83. The summed E-state index contributed by atoms with van der Waals surface area (Å²) < 4.78 is 17.7. The summed E-state index contributed by atoms with van der Waals surface area (Å²) in [5.41, 5.74) is 2.57. The summed E-state index contributed by atoms with van der Waals surface area (Å²) in [6.45, 7) is 0. The Kier molecular flexibility index (Phi) is 4.14. The normalized spacial score (nSPS) is 10.4. The quantitative estimate of drug-likeness (QED) is 0.725. The Morgan fingerprint density at radius 2 is 1.52 bits per heavy atom. The maximum atomic E-state index is 5.37. The average Bonchev–Trinajstić information content (AvgIpc) is 3.11. The molecule has 0 saturated heterocycles. The lowest BCUT2D eigenvalue weighted by Crippen LogP contribution is -2.00. The predicted molar refractivity (Wildman–Crippen MR) is 86.5 cm³/mol. The van der Waals surface area contributed by atoms with Gasteiger partial charge in [0.05, 0.1) is 33.2 Å². The number of nitrogens with zero attached hydrogens (tertiary/aromatic N) is 3. The van der Waals surface area contributed by atoms with Crippen LogP contribution >= 0.6 is 0 Å². The highest BCUT2D eigenvalue weighted by atomic mass is 16.5. The van der Waals surface area contributed by atoms with Gasteiger partial charge in [-0.05, 0) is 0 Å². The molecule has 0 amide bonds. The zero-order valence-electron chi connectivity index (χ0n) is 13.2. The first kappa shape index (κ1) is 14.9. The number of aromatic nitrogens is 3. The van der Waals surface area contributed by atoms with Crippen LogP contribution in [0.3, 0.4) is 0 Å². The first-order chi connectivity index (χ1) is 11.3. The fourth-order valence-electron chi connectivity index (χ4n) is 2.33. The molecule has 6 nitrogen and oxygen atoms in total. The Morgan fingerprint density at radius 3 is 2.09 bits per heavy atom. The van der Waals surface area contributed by atoms with E-state index in [-0.39, 0.29) is 0 Å². The smallest absolute Gasteiger partial charge is 0.203 e. The Balaban J connectivity index is 2.04. The molecule has 3 rings (SSSR count). The van der Waals surface area contributed by atoms with Crippen LogP contribution in [-0.4, -0.2) is 36.3 Å². The van der Waals surface area contributed by atoms with Gasteiger partial charge in [0.2, 0.25) is 5.75 Å². The molecule has 0 aliphatic carbocycles. The molecular weight excluding hydrogens is 294 g/mol. The standard InChI is InChI=1S/C17H17N3O3/c1-21-15-9-13(10-16(22-2)17(15)23-3)20-11-14(18-19-20)12-7-5-4-6-8-12/h4-11H,1-3H3. The Labute approximate surface area is 134 Å². The third-order valence-corrected chi connectivity index (χ3v) is 3.48. The van der Waals surface area contributed by atoms with Crippen molar-refractivity contribution in [2.75, 3.05) is 21.3 Å². The summed E-state index contributed by atoms with van der Waals surface area (Å²) >= 11 is 0. The van der Waals surface area contributed by atoms with E-state index >= 15 is 0 Å². The van der Waals surface area contributed by atoms with Gasteiger partial charge in [-0.1, -0.05) is 35.5 Å². The van der Waals surface area contributed by atoms with Crippen molar-refractivity contribution >= 4 is 0 Å². The van der Waals surface area contributed by atoms with Gasteiger partial charge in [0.1, 0.15) is 5.69 Å². The van der Waals surface area contributed by atoms with Gasteiger partial charge in [0.15, 0.2) is 11.5 Å². The van der Waals surface area contributed by atoms with Crippen molar-refractivity contribution in [3.63, 3.8) is 0 Å². The fraction of sp³-hybridized carbons (Fsp3) is 0.176. The molecule has 6 heteroatoms. The van der Waals surface area contributed by atoms with Gasteiger partial charge in [-0.15, -0.1) is 5.10 Å². The topological polar surface area (TPSA) is 58.4 Å². The van der Waals surface area contributed by atoms with Gasteiger partial charge in [0, 0.05) is 17.7 Å². The van der Waals surface area contributed by atoms with E-state index in [4.69, 9.17) is 14.2 Å². The summed E-state index contributed by atoms with van der Waals surface area (Å²) in [5.74, 6) is 1.68. The van der Waals surface area contributed by atoms with Crippen molar-refractivity contribution in [2.24, 2.45) is 0 Å². The van der Waals surface area contributed by atoms with Crippen molar-refractivity contribution in [1.82, 2.24) is 15.0 Å². The largest absolute Gasteiger partial charge is 0.493 e. The monoisotopic (exact) mass is 311 g/mol. The van der Waals surface area contributed by atoms with E-state index in [2.05, 4.69) is 10.3 Å². The number of hydrogen-bond acceptors (Lipinski definition) is 5. The van der Waals surface area contributed by atoms with Crippen molar-refractivity contribution < 1.29 is 14.2 Å². The van der Waals surface area contributed by atoms with E-state index in [9.17, 15) is 0 Å². The van der Waals surface area contributed by atoms with Crippen molar-refractivity contribution in [3.05, 3.63) is 48.7 Å². The molecule has 1 aromatic heterocycles. The molecule has 2 aromatic carbocycles. The lowest BCUT2D eigenvalue weighted by molar-refractivity contribution is 0.324. The highest BCUT2D eigenvalue weighted by Gasteiger charge is 2.15. The first-order valence-electron chi connectivity index (χ1n) is 7.05. The van der Waals surface area contributed by atoms with Gasteiger partial charge >= 0.3 is 0 Å². The Bertz CT molecular complexity index is 775. The summed E-state index contributed by atoms with van der Waals surface area (Å²) in [5, 5.41) is 8.40. The summed E-state index contributed by atoms with van der Waals surface area (Å²) in [4.78, 5) is 0. The van der Waals surface area contributed by atoms with Crippen LogP contribution in [0.5, 0.6) is 17.2 Å². The first-order valence-corrected chi connectivity index (χ1v) is 7.05. The van der Waals surface area contributed by atoms with E-state index in [1.165, 1.54) is 0 Å². The summed E-state index contributed by atoms with van der Waals surface area (Å²) in [6, 6.07) is 13.5. The van der Waals surface area contributed by atoms with Gasteiger partial charge in [-0.2, -0.15) is 0 Å². The minimum atomic E-state index is 0.544. The van der Waals surface area contributed by atoms with E-state index in [1.54, 1.807) is 26.0 Å². The van der Waals surface area contributed by atoms with Crippen LogP contribution in [0.2, 0.25) is 0 Å². The molecule has 0 radical (unpaired) electrons. The van der Waals surface area contributed by atoms with Crippen LogP contribution < -0.4 is 14.2 Å². The maximum absolute atomic E-state index is 5.37. The molecule has 23 heavy (non-hydrogen) atoms. The van der Waals surface area contributed by atoms with Gasteiger partial charge in [0.25, 0.3) is 0 Å². The number of ether oxygens (including phenoxy) is 3. The molecule has 0 fully saturated rings. The van der Waals surface area contributed by atoms with E-state index in [0.29, 0.717) is 17.2 Å². The van der Waals surface area contributed by atoms with Crippen molar-refractivity contribution in [1.29, 1.82) is 0 Å².